The second-order valence-electron chi connectivity index (χ2n) is 3.71. The largest absolute Gasteiger partial charge is 0.382 e. The van der Waals surface area contributed by atoms with Crippen molar-refractivity contribution in [3.8, 4) is 0 Å². The van der Waals surface area contributed by atoms with Crippen molar-refractivity contribution in [1.82, 2.24) is 15.1 Å². The van der Waals surface area contributed by atoms with Crippen molar-refractivity contribution in [3.05, 3.63) is 39.2 Å². The number of halogens is 1. The van der Waals surface area contributed by atoms with E-state index in [0.29, 0.717) is 16.7 Å². The van der Waals surface area contributed by atoms with Gasteiger partial charge < -0.3 is 10.6 Å². The molecule has 0 aliphatic rings. The zero-order valence-corrected chi connectivity index (χ0v) is 11.2. The summed E-state index contributed by atoms with van der Waals surface area (Å²) in [6.07, 6.45) is 0. The number of nitrogen functional groups attached to an aromatic ring is 1. The van der Waals surface area contributed by atoms with Crippen LogP contribution in [-0.2, 0) is 6.54 Å². The Morgan fingerprint density at radius 1 is 1.39 bits per heavy atom. The Kier molecular flexibility index (Phi) is 3.78. The lowest BCUT2D eigenvalue weighted by molar-refractivity contribution is 0.0779. The Morgan fingerprint density at radius 3 is 2.72 bits per heavy atom. The molecule has 0 aliphatic heterocycles. The molecule has 18 heavy (non-hydrogen) atoms. The van der Waals surface area contributed by atoms with Gasteiger partial charge in [-0.3, -0.25) is 4.79 Å². The van der Waals surface area contributed by atoms with Crippen molar-refractivity contribution in [3.63, 3.8) is 0 Å². The maximum atomic E-state index is 12.0. The molecule has 0 radical (unpaired) electrons. The second kappa shape index (κ2) is 5.32. The highest BCUT2D eigenvalue weighted by Gasteiger charge is 2.14. The number of anilines is 1. The molecule has 0 saturated heterocycles. The number of carbonyl (C=O) groups is 1. The third-order valence-corrected chi connectivity index (χ3v) is 3.49. The third kappa shape index (κ3) is 2.96. The van der Waals surface area contributed by atoms with Gasteiger partial charge in [-0.05, 0) is 24.3 Å². The molecule has 94 valence electrons. The first-order chi connectivity index (χ1) is 8.56. The number of nitrogens with zero attached hydrogens (tertiary/aromatic N) is 3. The van der Waals surface area contributed by atoms with Gasteiger partial charge in [-0.2, -0.15) is 0 Å². The predicted molar refractivity (Wildman–Crippen MR) is 71.6 cm³/mol. The smallest absolute Gasteiger partial charge is 0.274 e. The molecule has 2 heterocycles. The highest BCUT2D eigenvalue weighted by molar-refractivity contribution is 7.16. The van der Waals surface area contributed by atoms with Crippen LogP contribution in [0, 0.1) is 0 Å². The van der Waals surface area contributed by atoms with Crippen LogP contribution in [0.25, 0.3) is 0 Å². The van der Waals surface area contributed by atoms with Crippen molar-refractivity contribution >= 4 is 34.7 Å². The van der Waals surface area contributed by atoms with E-state index in [1.54, 1.807) is 24.1 Å². The summed E-state index contributed by atoms with van der Waals surface area (Å²) in [6.45, 7) is 0.488. The van der Waals surface area contributed by atoms with Gasteiger partial charge in [0.25, 0.3) is 5.91 Å². The Bertz CT molecular complexity index is 554. The fraction of sp³-hybridized carbons (Fsp3) is 0.182. The Morgan fingerprint density at radius 2 is 2.17 bits per heavy atom. The first kappa shape index (κ1) is 12.8. The zero-order valence-electron chi connectivity index (χ0n) is 9.63. The van der Waals surface area contributed by atoms with Gasteiger partial charge >= 0.3 is 0 Å². The zero-order chi connectivity index (χ0) is 13.1. The maximum absolute atomic E-state index is 12.0. The van der Waals surface area contributed by atoms with Crippen LogP contribution >= 0.6 is 22.9 Å². The lowest BCUT2D eigenvalue weighted by Crippen LogP contribution is -2.26. The molecule has 0 atom stereocenters. The summed E-state index contributed by atoms with van der Waals surface area (Å²) in [6, 6.07) is 6.81. The van der Waals surface area contributed by atoms with Crippen molar-refractivity contribution in [1.29, 1.82) is 0 Å². The number of thiophene rings is 1. The first-order valence-electron chi connectivity index (χ1n) is 5.15. The van der Waals surface area contributed by atoms with Crippen LogP contribution in [0.4, 0.5) is 5.82 Å². The van der Waals surface area contributed by atoms with Crippen molar-refractivity contribution in [2.24, 2.45) is 0 Å². The molecule has 0 aromatic carbocycles. The molecule has 2 aromatic rings. The van der Waals surface area contributed by atoms with Gasteiger partial charge in [-0.1, -0.05) is 11.6 Å². The van der Waals surface area contributed by atoms with Gasteiger partial charge in [0.05, 0.1) is 10.9 Å². The third-order valence-electron chi connectivity index (χ3n) is 2.27. The molecule has 2 aromatic heterocycles. The highest BCUT2D eigenvalue weighted by Crippen LogP contribution is 2.22. The molecule has 7 heteroatoms. The number of aromatic nitrogens is 2. The van der Waals surface area contributed by atoms with Gasteiger partial charge in [0, 0.05) is 11.9 Å². The minimum Gasteiger partial charge on any atom is -0.382 e. The molecule has 1 amide bonds. The van der Waals surface area contributed by atoms with Gasteiger partial charge in [-0.25, -0.2) is 0 Å². The maximum Gasteiger partial charge on any atom is 0.274 e. The number of hydrogen-bond acceptors (Lipinski definition) is 5. The van der Waals surface area contributed by atoms with E-state index in [0.717, 1.165) is 4.88 Å². The normalized spacial score (nSPS) is 10.3. The average molecular weight is 283 g/mol. The van der Waals surface area contributed by atoms with E-state index >= 15 is 0 Å². The molecule has 0 unspecified atom stereocenters. The molecule has 0 saturated carbocycles. The van der Waals surface area contributed by atoms with Gasteiger partial charge in [0.1, 0.15) is 5.82 Å². The number of rotatable bonds is 3. The first-order valence-corrected chi connectivity index (χ1v) is 6.34. The highest BCUT2D eigenvalue weighted by atomic mass is 35.5. The van der Waals surface area contributed by atoms with Gasteiger partial charge in [-0.15, -0.1) is 21.5 Å². The summed E-state index contributed by atoms with van der Waals surface area (Å²) in [5, 5.41) is 7.41. The Labute approximate surface area is 113 Å². The summed E-state index contributed by atoms with van der Waals surface area (Å²) in [5.41, 5.74) is 5.69. The molecular formula is C11H11ClN4OS. The van der Waals surface area contributed by atoms with E-state index in [9.17, 15) is 4.79 Å². The summed E-state index contributed by atoms with van der Waals surface area (Å²) < 4.78 is 0.707. The van der Waals surface area contributed by atoms with E-state index in [-0.39, 0.29) is 11.6 Å². The number of amides is 1. The molecule has 2 N–H and O–H groups in total. The minimum absolute atomic E-state index is 0.202. The summed E-state index contributed by atoms with van der Waals surface area (Å²) in [5.74, 6) is 0.0891. The Balaban J connectivity index is 2.07. The summed E-state index contributed by atoms with van der Waals surface area (Å²) in [4.78, 5) is 14.6. The minimum atomic E-state index is -0.202. The van der Waals surface area contributed by atoms with Crippen LogP contribution in [0.2, 0.25) is 4.34 Å². The summed E-state index contributed by atoms with van der Waals surface area (Å²) in [7, 11) is 1.70. The van der Waals surface area contributed by atoms with Crippen LogP contribution in [0.15, 0.2) is 24.3 Å². The van der Waals surface area contributed by atoms with Crippen molar-refractivity contribution < 1.29 is 4.79 Å². The van der Waals surface area contributed by atoms with E-state index in [2.05, 4.69) is 10.2 Å². The SMILES string of the molecule is CN(Cc1ccc(Cl)s1)C(=O)c1ccc(N)nn1. The van der Waals surface area contributed by atoms with Crippen LogP contribution < -0.4 is 5.73 Å². The van der Waals surface area contributed by atoms with Gasteiger partial charge in [0.2, 0.25) is 0 Å². The van der Waals surface area contributed by atoms with Crippen molar-refractivity contribution in [2.75, 3.05) is 12.8 Å². The van der Waals surface area contributed by atoms with Crippen LogP contribution in [-0.4, -0.2) is 28.1 Å². The average Bonchev–Trinajstić information content (AvgIpc) is 2.75. The number of carbonyl (C=O) groups excluding carboxylic acids is 1. The number of hydrogen-bond donors (Lipinski definition) is 1. The standard InChI is InChI=1S/C11H11ClN4OS/c1-16(6-7-2-4-9(12)18-7)11(17)8-3-5-10(13)15-14-8/h2-5H,6H2,1H3,(H2,13,15). The molecule has 0 bridgehead atoms. The predicted octanol–water partition coefficient (Wildman–Crippen LogP) is 2.05. The lowest BCUT2D eigenvalue weighted by Gasteiger charge is -2.15. The van der Waals surface area contributed by atoms with E-state index < -0.39 is 0 Å². The fourth-order valence-electron chi connectivity index (χ4n) is 1.39. The molecule has 0 spiro atoms. The summed E-state index contributed by atoms with van der Waals surface area (Å²) >= 11 is 7.28. The van der Waals surface area contributed by atoms with Crippen LogP contribution in [0.1, 0.15) is 15.4 Å². The molecule has 0 fully saturated rings. The molecule has 2 rings (SSSR count). The van der Waals surface area contributed by atoms with Crippen LogP contribution in [0.3, 0.4) is 0 Å². The quantitative estimate of drug-likeness (QED) is 0.935. The molecule has 5 nitrogen and oxygen atoms in total. The van der Waals surface area contributed by atoms with Crippen molar-refractivity contribution in [2.45, 2.75) is 6.54 Å². The Hall–Kier alpha value is -1.66. The van der Waals surface area contributed by atoms with E-state index in [1.807, 2.05) is 12.1 Å². The molecular weight excluding hydrogens is 272 g/mol. The number of nitrogens with two attached hydrogens (primary N) is 1. The topological polar surface area (TPSA) is 72.1 Å². The lowest BCUT2D eigenvalue weighted by atomic mass is 10.3. The molecule has 0 aliphatic carbocycles. The second-order valence-corrected chi connectivity index (χ2v) is 5.51. The van der Waals surface area contributed by atoms with E-state index in [4.69, 9.17) is 17.3 Å². The van der Waals surface area contributed by atoms with Crippen LogP contribution in [0.5, 0.6) is 0 Å². The monoisotopic (exact) mass is 282 g/mol. The fourth-order valence-corrected chi connectivity index (χ4v) is 2.54. The van der Waals surface area contributed by atoms with E-state index in [1.165, 1.54) is 11.3 Å². The van der Waals surface area contributed by atoms with Gasteiger partial charge in [0.15, 0.2) is 5.69 Å².